The average molecular weight is 499 g/mol. The van der Waals surface area contributed by atoms with Gasteiger partial charge in [-0.1, -0.05) is 11.6 Å². The number of hydrogen-bond donors (Lipinski definition) is 2. The van der Waals surface area contributed by atoms with Crippen LogP contribution >= 0.6 is 11.6 Å². The third kappa shape index (κ3) is 4.27. The van der Waals surface area contributed by atoms with Crippen molar-refractivity contribution in [3.8, 4) is 5.75 Å². The van der Waals surface area contributed by atoms with Crippen LogP contribution in [0.2, 0.25) is 5.02 Å². The van der Waals surface area contributed by atoms with E-state index in [4.69, 9.17) is 22.1 Å². The summed E-state index contributed by atoms with van der Waals surface area (Å²) in [7, 11) is 0. The third-order valence-corrected chi connectivity index (χ3v) is 6.26. The Morgan fingerprint density at radius 3 is 2.62 bits per heavy atom. The predicted molar refractivity (Wildman–Crippen MR) is 122 cm³/mol. The van der Waals surface area contributed by atoms with Crippen LogP contribution in [0, 0.1) is 5.82 Å². The molecule has 12 heteroatoms. The molecule has 1 saturated heterocycles. The molecule has 2 atom stereocenters. The fourth-order valence-corrected chi connectivity index (χ4v) is 4.70. The van der Waals surface area contributed by atoms with Crippen molar-refractivity contribution in [3.63, 3.8) is 0 Å². The second kappa shape index (κ2) is 9.55. The summed E-state index contributed by atoms with van der Waals surface area (Å²) >= 11 is 6.29. The molecule has 3 heterocycles. The minimum Gasteiger partial charge on any atom is -0.493 e. The Bertz CT molecular complexity index is 1200. The molecule has 8 nitrogen and oxygen atoms in total. The van der Waals surface area contributed by atoms with Crippen molar-refractivity contribution in [2.24, 2.45) is 0 Å². The van der Waals surface area contributed by atoms with E-state index in [2.05, 4.69) is 15.1 Å². The van der Waals surface area contributed by atoms with Crippen LogP contribution in [0.15, 0.2) is 12.4 Å². The number of nitrogens with two attached hydrogens (primary N) is 1. The maximum Gasteiger partial charge on any atom is 0.282 e. The highest BCUT2D eigenvalue weighted by molar-refractivity contribution is 6.31. The van der Waals surface area contributed by atoms with E-state index in [0.717, 1.165) is 0 Å². The van der Waals surface area contributed by atoms with Gasteiger partial charge in [0.25, 0.3) is 6.43 Å². The highest BCUT2D eigenvalue weighted by Gasteiger charge is 2.36. The first kappa shape index (κ1) is 24.5. The molecule has 1 fully saturated rings. The maximum atomic E-state index is 15.3. The number of aliphatic hydroxyl groups is 1. The quantitative estimate of drug-likeness (QED) is 0.485. The summed E-state index contributed by atoms with van der Waals surface area (Å²) in [4.78, 5) is 9.95. The Balaban J connectivity index is 1.82. The molecule has 4 rings (SSSR count). The Morgan fingerprint density at radius 1 is 1.29 bits per heavy atom. The van der Waals surface area contributed by atoms with Gasteiger partial charge < -0.3 is 15.6 Å². The Kier molecular flexibility index (Phi) is 6.88. The molecule has 0 bridgehead atoms. The molecular weight excluding hydrogens is 473 g/mol. The zero-order valence-electron chi connectivity index (χ0n) is 19.0. The fraction of sp³-hybridized carbons (Fsp3) is 0.500. The summed E-state index contributed by atoms with van der Waals surface area (Å²) < 4.78 is 49.9. The van der Waals surface area contributed by atoms with Crippen LogP contribution < -0.4 is 10.5 Å². The topological polar surface area (TPSA) is 102 Å². The predicted octanol–water partition coefficient (Wildman–Crippen LogP) is 3.93. The number of ether oxygens (including phenoxy) is 1. The van der Waals surface area contributed by atoms with E-state index in [-0.39, 0.29) is 34.4 Å². The zero-order valence-corrected chi connectivity index (χ0v) is 19.7. The minimum atomic E-state index is -2.89. The number of fused-ring (bicyclic) bond motifs is 1. The number of likely N-dealkylation sites (tertiary alicyclic amines) is 1. The standard InChI is InChI=1S/C22H26ClF3N6O2/c1-4-34-19-13(5-14(23)17(24)15(19)12-7-31(8-12)6-10(2)33)11(3)32-22-16(18(30-32)20(25)26)21(27)28-9-29-22/h5,9-12,20,33H,4,6-8H2,1-3H3,(H2,27,28,29)/t10-,11+/m1/s1. The van der Waals surface area contributed by atoms with Crippen LogP contribution in [-0.4, -0.2) is 62.1 Å². The molecule has 3 N–H and O–H groups in total. The summed E-state index contributed by atoms with van der Waals surface area (Å²) in [5, 5.41) is 13.6. The van der Waals surface area contributed by atoms with Gasteiger partial charge in [-0.15, -0.1) is 0 Å². The monoisotopic (exact) mass is 498 g/mol. The van der Waals surface area contributed by atoms with Gasteiger partial charge in [-0.25, -0.2) is 27.8 Å². The van der Waals surface area contributed by atoms with E-state index in [1.54, 1.807) is 20.8 Å². The summed E-state index contributed by atoms with van der Waals surface area (Å²) in [5.74, 6) is -0.570. The molecular formula is C22H26ClF3N6O2. The number of hydrogen-bond acceptors (Lipinski definition) is 7. The van der Waals surface area contributed by atoms with Crippen molar-refractivity contribution in [2.45, 2.75) is 45.3 Å². The maximum absolute atomic E-state index is 15.3. The van der Waals surface area contributed by atoms with Crippen molar-refractivity contribution < 1.29 is 23.0 Å². The first-order valence-corrected chi connectivity index (χ1v) is 11.3. The molecule has 0 radical (unpaired) electrons. The fourth-order valence-electron chi connectivity index (χ4n) is 4.48. The van der Waals surface area contributed by atoms with Crippen LogP contribution in [-0.2, 0) is 0 Å². The van der Waals surface area contributed by atoms with Gasteiger partial charge >= 0.3 is 0 Å². The van der Waals surface area contributed by atoms with Gasteiger partial charge in [0.05, 0.1) is 29.2 Å². The van der Waals surface area contributed by atoms with Crippen LogP contribution in [0.1, 0.15) is 56.0 Å². The SMILES string of the molecule is CCOc1c([C@H](C)n2nc(C(F)F)c3c(N)ncnc32)cc(Cl)c(F)c1C1CN(C[C@@H](C)O)C1. The van der Waals surface area contributed by atoms with Gasteiger partial charge in [-0.2, -0.15) is 5.10 Å². The number of nitrogens with zero attached hydrogens (tertiary/aromatic N) is 5. The number of aliphatic hydroxyl groups excluding tert-OH is 1. The second-order valence-electron chi connectivity index (χ2n) is 8.47. The molecule has 184 valence electrons. The van der Waals surface area contributed by atoms with Crippen molar-refractivity contribution in [1.29, 1.82) is 0 Å². The second-order valence-corrected chi connectivity index (χ2v) is 8.87. The largest absolute Gasteiger partial charge is 0.493 e. The van der Waals surface area contributed by atoms with E-state index >= 15 is 4.39 Å². The highest BCUT2D eigenvalue weighted by atomic mass is 35.5. The summed E-state index contributed by atoms with van der Waals surface area (Å²) in [6, 6.07) is 0.749. The molecule has 34 heavy (non-hydrogen) atoms. The molecule has 2 aromatic heterocycles. The average Bonchev–Trinajstić information content (AvgIpc) is 3.15. The number of alkyl halides is 2. The number of benzene rings is 1. The van der Waals surface area contributed by atoms with Gasteiger partial charge in [0.1, 0.15) is 29.4 Å². The van der Waals surface area contributed by atoms with Gasteiger partial charge in [0.15, 0.2) is 5.65 Å². The van der Waals surface area contributed by atoms with Crippen LogP contribution in [0.25, 0.3) is 11.0 Å². The van der Waals surface area contributed by atoms with Crippen molar-refractivity contribution in [2.75, 3.05) is 32.0 Å². The molecule has 3 aromatic rings. The Morgan fingerprint density at radius 2 is 2.00 bits per heavy atom. The smallest absolute Gasteiger partial charge is 0.282 e. The normalized spacial score (nSPS) is 16.7. The summed E-state index contributed by atoms with van der Waals surface area (Å²) in [6.07, 6.45) is -2.22. The lowest BCUT2D eigenvalue weighted by molar-refractivity contribution is 0.0721. The molecule has 0 amide bonds. The van der Waals surface area contributed by atoms with Crippen LogP contribution in [0.3, 0.4) is 0 Å². The lowest BCUT2D eigenvalue weighted by Gasteiger charge is -2.41. The highest BCUT2D eigenvalue weighted by Crippen LogP contribution is 2.44. The first-order valence-electron chi connectivity index (χ1n) is 11.0. The molecule has 1 aliphatic rings. The van der Waals surface area contributed by atoms with E-state index < -0.39 is 30.1 Å². The zero-order chi connectivity index (χ0) is 24.7. The number of aromatic nitrogens is 4. The minimum absolute atomic E-state index is 0.0245. The molecule has 0 aliphatic carbocycles. The van der Waals surface area contributed by atoms with E-state index in [1.165, 1.54) is 17.1 Å². The third-order valence-electron chi connectivity index (χ3n) is 5.98. The number of rotatable bonds is 8. The Hall–Kier alpha value is -2.63. The molecule has 0 spiro atoms. The van der Waals surface area contributed by atoms with Gasteiger partial charge in [-0.3, -0.25) is 4.90 Å². The van der Waals surface area contributed by atoms with Gasteiger partial charge in [-0.05, 0) is 26.8 Å². The molecule has 1 aliphatic heterocycles. The van der Waals surface area contributed by atoms with Gasteiger partial charge in [0, 0.05) is 36.7 Å². The number of nitrogen functional groups attached to an aromatic ring is 1. The lowest BCUT2D eigenvalue weighted by Crippen LogP contribution is -2.48. The summed E-state index contributed by atoms with van der Waals surface area (Å²) in [5.41, 5.74) is 6.27. The molecule has 1 aromatic carbocycles. The Labute approximate surface area is 199 Å². The number of halogens is 4. The van der Waals surface area contributed by atoms with Crippen LogP contribution in [0.5, 0.6) is 5.75 Å². The van der Waals surface area contributed by atoms with E-state index in [0.29, 0.717) is 36.5 Å². The van der Waals surface area contributed by atoms with Gasteiger partial charge in [0.2, 0.25) is 0 Å². The number of anilines is 1. The van der Waals surface area contributed by atoms with Crippen molar-refractivity contribution in [1.82, 2.24) is 24.6 Å². The van der Waals surface area contributed by atoms with Crippen molar-refractivity contribution in [3.05, 3.63) is 40.1 Å². The van der Waals surface area contributed by atoms with E-state index in [1.807, 2.05) is 4.90 Å². The first-order chi connectivity index (χ1) is 16.1. The lowest BCUT2D eigenvalue weighted by atomic mass is 9.87. The molecule has 0 unspecified atom stereocenters. The molecule has 0 saturated carbocycles. The van der Waals surface area contributed by atoms with Crippen molar-refractivity contribution >= 4 is 28.5 Å². The number of β-amino-alcohol motifs (C(OH)–C–C–N with tert-alkyl or cyclic N) is 1. The van der Waals surface area contributed by atoms with Crippen LogP contribution in [0.4, 0.5) is 19.0 Å². The van der Waals surface area contributed by atoms with E-state index in [9.17, 15) is 13.9 Å². The summed E-state index contributed by atoms with van der Waals surface area (Å²) in [6.45, 7) is 6.98.